The first-order chi connectivity index (χ1) is 12.5. The Morgan fingerprint density at radius 2 is 2.04 bits per heavy atom. The van der Waals surface area contributed by atoms with Gasteiger partial charge < -0.3 is 9.84 Å². The normalized spacial score (nSPS) is 11.0. The van der Waals surface area contributed by atoms with E-state index in [9.17, 15) is 14.7 Å². The Morgan fingerprint density at radius 1 is 1.27 bits per heavy atom. The number of nitrogens with zero attached hydrogens (tertiary/aromatic N) is 2. The van der Waals surface area contributed by atoms with Crippen LogP contribution in [0.3, 0.4) is 0 Å². The first-order valence-electron chi connectivity index (χ1n) is 8.39. The fraction of sp³-hybridized carbons (Fsp3) is 0.316. The van der Waals surface area contributed by atoms with Gasteiger partial charge in [-0.1, -0.05) is 18.2 Å². The molecule has 0 amide bonds. The van der Waals surface area contributed by atoms with Crippen LogP contribution in [-0.4, -0.2) is 27.2 Å². The third-order valence-corrected chi connectivity index (χ3v) is 5.44. The third kappa shape index (κ3) is 3.62. The minimum absolute atomic E-state index is 0.175. The van der Waals surface area contributed by atoms with Gasteiger partial charge in [0.2, 0.25) is 0 Å². The Hall–Kier alpha value is -2.67. The summed E-state index contributed by atoms with van der Waals surface area (Å²) in [7, 11) is 0. The predicted molar refractivity (Wildman–Crippen MR) is 101 cm³/mol. The highest BCUT2D eigenvalue weighted by Gasteiger charge is 2.18. The van der Waals surface area contributed by atoms with Gasteiger partial charge in [0.15, 0.2) is 0 Å². The Bertz CT molecular complexity index is 1010. The number of aromatic carboxylic acids is 1. The molecule has 6 nitrogen and oxygen atoms in total. The monoisotopic (exact) mass is 372 g/mol. The molecule has 0 atom stereocenters. The fourth-order valence-corrected chi connectivity index (χ4v) is 3.79. The SMILES string of the molecule is Cc1ccccc1OCCCCn1cnc2sc(C(=O)O)c(C)c2c1=O. The zero-order valence-corrected chi connectivity index (χ0v) is 15.5. The molecule has 0 aliphatic rings. The van der Waals surface area contributed by atoms with Gasteiger partial charge in [0, 0.05) is 6.54 Å². The van der Waals surface area contributed by atoms with Crippen LogP contribution in [0.2, 0.25) is 0 Å². The van der Waals surface area contributed by atoms with Crippen molar-refractivity contribution in [1.82, 2.24) is 9.55 Å². The number of rotatable bonds is 7. The van der Waals surface area contributed by atoms with Crippen LogP contribution < -0.4 is 10.3 Å². The molecule has 0 saturated carbocycles. The molecular weight excluding hydrogens is 352 g/mol. The van der Waals surface area contributed by atoms with Crippen LogP contribution >= 0.6 is 11.3 Å². The summed E-state index contributed by atoms with van der Waals surface area (Å²) in [6.45, 7) is 4.77. The van der Waals surface area contributed by atoms with E-state index in [1.165, 1.54) is 6.33 Å². The van der Waals surface area contributed by atoms with E-state index in [0.717, 1.165) is 35.5 Å². The molecule has 7 heteroatoms. The molecule has 0 unspecified atom stereocenters. The summed E-state index contributed by atoms with van der Waals surface area (Å²) < 4.78 is 7.30. The quantitative estimate of drug-likeness (QED) is 0.641. The van der Waals surface area contributed by atoms with Crippen LogP contribution in [-0.2, 0) is 6.54 Å². The highest BCUT2D eigenvalue weighted by atomic mass is 32.1. The van der Waals surface area contributed by atoms with Gasteiger partial charge >= 0.3 is 5.97 Å². The summed E-state index contributed by atoms with van der Waals surface area (Å²) >= 11 is 1.04. The second-order valence-corrected chi connectivity index (χ2v) is 7.10. The van der Waals surface area contributed by atoms with Crippen LogP contribution in [0, 0.1) is 13.8 Å². The van der Waals surface area contributed by atoms with Crippen molar-refractivity contribution in [2.75, 3.05) is 6.61 Å². The van der Waals surface area contributed by atoms with E-state index < -0.39 is 5.97 Å². The second kappa shape index (κ2) is 7.70. The lowest BCUT2D eigenvalue weighted by atomic mass is 10.2. The molecule has 0 radical (unpaired) electrons. The molecule has 0 aliphatic carbocycles. The number of fused-ring (bicyclic) bond motifs is 1. The molecule has 0 saturated heterocycles. The molecule has 1 N–H and O–H groups in total. The number of thiophene rings is 1. The number of benzene rings is 1. The molecule has 2 aromatic heterocycles. The van der Waals surface area contributed by atoms with Gasteiger partial charge in [0.25, 0.3) is 5.56 Å². The summed E-state index contributed by atoms with van der Waals surface area (Å²) in [5.74, 6) is -0.146. The lowest BCUT2D eigenvalue weighted by Gasteiger charge is -2.09. The Labute approximate surface area is 154 Å². The van der Waals surface area contributed by atoms with E-state index in [1.54, 1.807) is 11.5 Å². The average Bonchev–Trinajstić information content (AvgIpc) is 2.95. The molecule has 1 aromatic carbocycles. The number of hydrogen-bond donors (Lipinski definition) is 1. The van der Waals surface area contributed by atoms with Gasteiger partial charge in [-0.25, -0.2) is 9.78 Å². The molecule has 3 aromatic rings. The minimum atomic E-state index is -1.02. The number of carboxylic acids is 1. The molecule has 3 rings (SSSR count). The van der Waals surface area contributed by atoms with Crippen molar-refractivity contribution >= 4 is 27.5 Å². The number of para-hydroxylation sites is 1. The number of hydrogen-bond acceptors (Lipinski definition) is 5. The van der Waals surface area contributed by atoms with Crippen LogP contribution in [0.5, 0.6) is 5.75 Å². The number of carbonyl (C=O) groups is 1. The fourth-order valence-electron chi connectivity index (χ4n) is 2.81. The van der Waals surface area contributed by atoms with Gasteiger partial charge in [-0.15, -0.1) is 11.3 Å². The molecule has 136 valence electrons. The van der Waals surface area contributed by atoms with Crippen LogP contribution in [0.15, 0.2) is 35.4 Å². The third-order valence-electron chi connectivity index (χ3n) is 4.26. The Balaban J connectivity index is 1.63. The van der Waals surface area contributed by atoms with Crippen molar-refractivity contribution in [2.45, 2.75) is 33.2 Å². The smallest absolute Gasteiger partial charge is 0.346 e. The number of aryl methyl sites for hydroxylation is 3. The van der Waals surface area contributed by atoms with Gasteiger partial charge in [0.05, 0.1) is 18.3 Å². The van der Waals surface area contributed by atoms with Crippen LogP contribution in [0.25, 0.3) is 10.2 Å². The van der Waals surface area contributed by atoms with E-state index >= 15 is 0 Å². The number of carboxylic acid groups (broad SMARTS) is 1. The first-order valence-corrected chi connectivity index (χ1v) is 9.21. The highest BCUT2D eigenvalue weighted by Crippen LogP contribution is 2.26. The largest absolute Gasteiger partial charge is 0.493 e. The van der Waals surface area contributed by atoms with E-state index in [4.69, 9.17) is 4.74 Å². The molecule has 2 heterocycles. The molecule has 0 aliphatic heterocycles. The zero-order valence-electron chi connectivity index (χ0n) is 14.7. The highest BCUT2D eigenvalue weighted by molar-refractivity contribution is 7.20. The number of aromatic nitrogens is 2. The Kier molecular flexibility index (Phi) is 5.37. The predicted octanol–water partition coefficient (Wildman–Crippen LogP) is 3.63. The average molecular weight is 372 g/mol. The van der Waals surface area contributed by atoms with E-state index in [0.29, 0.717) is 28.9 Å². The Morgan fingerprint density at radius 3 is 2.77 bits per heavy atom. The maximum absolute atomic E-state index is 12.6. The van der Waals surface area contributed by atoms with E-state index in [2.05, 4.69) is 4.98 Å². The maximum atomic E-state index is 12.6. The maximum Gasteiger partial charge on any atom is 0.346 e. The van der Waals surface area contributed by atoms with Crippen LogP contribution in [0.4, 0.5) is 0 Å². The van der Waals surface area contributed by atoms with Crippen molar-refractivity contribution in [2.24, 2.45) is 0 Å². The topological polar surface area (TPSA) is 81.4 Å². The molecule has 0 spiro atoms. The zero-order chi connectivity index (χ0) is 18.7. The van der Waals surface area contributed by atoms with Gasteiger partial charge in [-0.05, 0) is 43.9 Å². The van der Waals surface area contributed by atoms with Crippen molar-refractivity contribution in [3.8, 4) is 5.75 Å². The standard InChI is InChI=1S/C19H20N2O4S/c1-12-7-3-4-8-14(12)25-10-6-5-9-21-11-20-17-15(18(21)22)13(2)16(26-17)19(23)24/h3-4,7-8,11H,5-6,9-10H2,1-2H3,(H,23,24). The van der Waals surface area contributed by atoms with Gasteiger partial charge in [0.1, 0.15) is 15.5 Å². The number of unbranched alkanes of at least 4 members (excludes halogenated alkanes) is 1. The lowest BCUT2D eigenvalue weighted by molar-refractivity contribution is 0.0701. The lowest BCUT2D eigenvalue weighted by Crippen LogP contribution is -2.21. The first kappa shape index (κ1) is 18.1. The summed E-state index contributed by atoms with van der Waals surface area (Å²) in [4.78, 5) is 28.8. The molecule has 26 heavy (non-hydrogen) atoms. The summed E-state index contributed by atoms with van der Waals surface area (Å²) in [5.41, 5.74) is 1.41. The van der Waals surface area contributed by atoms with E-state index in [1.807, 2.05) is 31.2 Å². The van der Waals surface area contributed by atoms with Gasteiger partial charge in [-0.3, -0.25) is 9.36 Å². The molecule has 0 fully saturated rings. The van der Waals surface area contributed by atoms with Crippen LogP contribution in [0.1, 0.15) is 33.6 Å². The van der Waals surface area contributed by atoms with Crippen molar-refractivity contribution < 1.29 is 14.6 Å². The molecular formula is C19H20N2O4S. The summed E-state index contributed by atoms with van der Waals surface area (Å²) in [6, 6.07) is 7.86. The second-order valence-electron chi connectivity index (χ2n) is 6.11. The van der Waals surface area contributed by atoms with Gasteiger partial charge in [-0.2, -0.15) is 0 Å². The molecule has 0 bridgehead atoms. The minimum Gasteiger partial charge on any atom is -0.493 e. The number of ether oxygens (including phenoxy) is 1. The summed E-state index contributed by atoms with van der Waals surface area (Å²) in [5, 5.41) is 9.61. The van der Waals surface area contributed by atoms with E-state index in [-0.39, 0.29) is 10.4 Å². The summed E-state index contributed by atoms with van der Waals surface area (Å²) in [6.07, 6.45) is 3.07. The van der Waals surface area contributed by atoms with Crippen molar-refractivity contribution in [3.63, 3.8) is 0 Å². The van der Waals surface area contributed by atoms with Crippen molar-refractivity contribution in [3.05, 3.63) is 57.0 Å². The van der Waals surface area contributed by atoms with Crippen molar-refractivity contribution in [1.29, 1.82) is 0 Å².